The van der Waals surface area contributed by atoms with Gasteiger partial charge < -0.3 is 10.0 Å². The van der Waals surface area contributed by atoms with Crippen molar-refractivity contribution in [2.75, 3.05) is 13.1 Å². The van der Waals surface area contributed by atoms with Crippen LogP contribution in [0, 0.1) is 5.41 Å². The number of likely N-dealkylation sites (tertiary alicyclic amines) is 1. The van der Waals surface area contributed by atoms with Crippen LogP contribution in [-0.2, 0) is 0 Å². The Balaban J connectivity index is 2.15. The lowest BCUT2D eigenvalue weighted by molar-refractivity contribution is 0.0766. The first-order valence-corrected chi connectivity index (χ1v) is 6.54. The van der Waals surface area contributed by atoms with Crippen molar-refractivity contribution in [3.8, 4) is 5.75 Å². The van der Waals surface area contributed by atoms with Gasteiger partial charge in [0.2, 0.25) is 0 Å². The molecular formula is C14H20N2O2. The van der Waals surface area contributed by atoms with E-state index in [2.05, 4.69) is 18.8 Å². The fraction of sp³-hybridized carbons (Fsp3) is 0.571. The fourth-order valence-corrected chi connectivity index (χ4v) is 2.67. The Morgan fingerprint density at radius 1 is 1.50 bits per heavy atom. The molecule has 1 aromatic rings. The van der Waals surface area contributed by atoms with E-state index in [0.29, 0.717) is 5.56 Å². The highest BCUT2D eigenvalue weighted by molar-refractivity contribution is 5.96. The Labute approximate surface area is 108 Å². The van der Waals surface area contributed by atoms with Crippen molar-refractivity contribution in [1.29, 1.82) is 0 Å². The van der Waals surface area contributed by atoms with Crippen molar-refractivity contribution in [3.05, 3.63) is 24.0 Å². The van der Waals surface area contributed by atoms with Crippen LogP contribution in [0.2, 0.25) is 0 Å². The van der Waals surface area contributed by atoms with Crippen LogP contribution < -0.4 is 0 Å². The molecule has 0 aliphatic carbocycles. The zero-order valence-electron chi connectivity index (χ0n) is 11.0. The molecule has 1 amide bonds. The summed E-state index contributed by atoms with van der Waals surface area (Å²) >= 11 is 0. The predicted octanol–water partition coefficient (Wildman–Crippen LogP) is 2.44. The largest absolute Gasteiger partial charge is 0.505 e. The number of amides is 1. The van der Waals surface area contributed by atoms with Crippen LogP contribution in [0.4, 0.5) is 0 Å². The second kappa shape index (κ2) is 4.96. The maximum Gasteiger partial charge on any atom is 0.257 e. The van der Waals surface area contributed by atoms with Gasteiger partial charge in [0, 0.05) is 19.3 Å². The molecule has 0 atom stereocenters. The number of aromatic hydroxyl groups is 1. The standard InChI is InChI=1S/C14H20N2O2/c1-3-14(4-2)6-8-16(10-14)13(18)11-5-7-15-9-12(11)17/h5,7,9,17H,3-4,6,8,10H2,1-2H3. The lowest BCUT2D eigenvalue weighted by atomic mass is 9.82. The molecule has 18 heavy (non-hydrogen) atoms. The van der Waals surface area contributed by atoms with Gasteiger partial charge in [0.1, 0.15) is 5.75 Å². The van der Waals surface area contributed by atoms with Crippen LogP contribution in [-0.4, -0.2) is 34.0 Å². The van der Waals surface area contributed by atoms with Crippen molar-refractivity contribution in [2.24, 2.45) is 5.41 Å². The van der Waals surface area contributed by atoms with Crippen molar-refractivity contribution in [3.63, 3.8) is 0 Å². The predicted molar refractivity (Wildman–Crippen MR) is 69.4 cm³/mol. The summed E-state index contributed by atoms with van der Waals surface area (Å²) in [4.78, 5) is 18.0. The van der Waals surface area contributed by atoms with Crippen molar-refractivity contribution >= 4 is 5.91 Å². The van der Waals surface area contributed by atoms with Crippen LogP contribution in [0.15, 0.2) is 18.5 Å². The molecule has 1 aromatic heterocycles. The molecule has 1 N–H and O–H groups in total. The van der Waals surface area contributed by atoms with E-state index in [1.165, 1.54) is 12.4 Å². The van der Waals surface area contributed by atoms with Crippen LogP contribution in [0.5, 0.6) is 5.75 Å². The minimum atomic E-state index is -0.0846. The molecule has 4 nitrogen and oxygen atoms in total. The minimum absolute atomic E-state index is 0.0343. The van der Waals surface area contributed by atoms with Gasteiger partial charge in [-0.05, 0) is 30.7 Å². The normalized spacial score (nSPS) is 18.0. The molecule has 1 aliphatic rings. The molecule has 1 fully saturated rings. The van der Waals surface area contributed by atoms with Gasteiger partial charge in [-0.15, -0.1) is 0 Å². The Bertz CT molecular complexity index is 441. The number of aromatic nitrogens is 1. The highest BCUT2D eigenvalue weighted by Crippen LogP contribution is 2.37. The third-order valence-corrected chi connectivity index (χ3v) is 4.26. The molecule has 0 aromatic carbocycles. The molecule has 2 heterocycles. The van der Waals surface area contributed by atoms with Gasteiger partial charge in [-0.2, -0.15) is 0 Å². The fourth-order valence-electron chi connectivity index (χ4n) is 2.67. The van der Waals surface area contributed by atoms with Crippen molar-refractivity contribution < 1.29 is 9.90 Å². The minimum Gasteiger partial charge on any atom is -0.505 e. The zero-order chi connectivity index (χ0) is 13.2. The van der Waals surface area contributed by atoms with Crippen LogP contribution in [0.3, 0.4) is 0 Å². The van der Waals surface area contributed by atoms with Crippen LogP contribution >= 0.6 is 0 Å². The summed E-state index contributed by atoms with van der Waals surface area (Å²) in [5, 5.41) is 9.68. The van der Waals surface area contributed by atoms with Crippen LogP contribution in [0.1, 0.15) is 43.5 Å². The molecule has 0 spiro atoms. The number of hydrogen-bond acceptors (Lipinski definition) is 3. The molecule has 1 aliphatic heterocycles. The van der Waals surface area contributed by atoms with Gasteiger partial charge in [-0.3, -0.25) is 9.78 Å². The third-order valence-electron chi connectivity index (χ3n) is 4.26. The van der Waals surface area contributed by atoms with Gasteiger partial charge in [0.15, 0.2) is 0 Å². The summed E-state index contributed by atoms with van der Waals surface area (Å²) in [6.07, 6.45) is 6.09. The quantitative estimate of drug-likeness (QED) is 0.893. The first-order valence-electron chi connectivity index (χ1n) is 6.54. The molecule has 0 radical (unpaired) electrons. The zero-order valence-corrected chi connectivity index (χ0v) is 11.0. The highest BCUT2D eigenvalue weighted by atomic mass is 16.3. The average Bonchev–Trinajstić information content (AvgIpc) is 2.84. The summed E-state index contributed by atoms with van der Waals surface area (Å²) in [5.74, 6) is -0.119. The van der Waals surface area contributed by atoms with Crippen molar-refractivity contribution in [1.82, 2.24) is 9.88 Å². The van der Waals surface area contributed by atoms with Crippen LogP contribution in [0.25, 0.3) is 0 Å². The molecule has 0 bridgehead atoms. The Hall–Kier alpha value is -1.58. The second-order valence-electron chi connectivity index (χ2n) is 5.08. The maximum absolute atomic E-state index is 12.3. The maximum atomic E-state index is 12.3. The summed E-state index contributed by atoms with van der Waals surface area (Å²) < 4.78 is 0. The van der Waals surface area contributed by atoms with E-state index < -0.39 is 0 Å². The highest BCUT2D eigenvalue weighted by Gasteiger charge is 2.37. The molecule has 4 heteroatoms. The Morgan fingerprint density at radius 2 is 2.22 bits per heavy atom. The van der Waals surface area contributed by atoms with E-state index in [0.717, 1.165) is 32.4 Å². The van der Waals surface area contributed by atoms with Gasteiger partial charge >= 0.3 is 0 Å². The number of pyridine rings is 1. The number of nitrogens with zero attached hydrogens (tertiary/aromatic N) is 2. The average molecular weight is 248 g/mol. The van der Waals surface area contributed by atoms with Gasteiger partial charge in [0.05, 0.1) is 11.8 Å². The number of hydrogen-bond donors (Lipinski definition) is 1. The number of carbonyl (C=O) groups is 1. The molecule has 0 saturated carbocycles. The first kappa shape index (κ1) is 12.9. The van der Waals surface area contributed by atoms with E-state index in [-0.39, 0.29) is 17.1 Å². The summed E-state index contributed by atoms with van der Waals surface area (Å²) in [7, 11) is 0. The summed E-state index contributed by atoms with van der Waals surface area (Å²) in [6.45, 7) is 5.94. The first-order chi connectivity index (χ1) is 8.62. The van der Waals surface area contributed by atoms with E-state index in [4.69, 9.17) is 0 Å². The van der Waals surface area contributed by atoms with E-state index in [1.54, 1.807) is 6.07 Å². The Kier molecular flexibility index (Phi) is 3.55. The van der Waals surface area contributed by atoms with E-state index in [9.17, 15) is 9.90 Å². The van der Waals surface area contributed by atoms with Gasteiger partial charge in [0.25, 0.3) is 5.91 Å². The SMILES string of the molecule is CCC1(CC)CCN(C(=O)c2ccncc2O)C1. The second-order valence-corrected chi connectivity index (χ2v) is 5.08. The van der Waals surface area contributed by atoms with E-state index in [1.807, 2.05) is 4.90 Å². The third kappa shape index (κ3) is 2.19. The number of carbonyl (C=O) groups excluding carboxylic acids is 1. The molecule has 2 rings (SSSR count). The summed E-state index contributed by atoms with van der Waals surface area (Å²) in [5.41, 5.74) is 0.617. The topological polar surface area (TPSA) is 53.4 Å². The summed E-state index contributed by atoms with van der Waals surface area (Å²) in [6, 6.07) is 1.58. The molecule has 0 unspecified atom stereocenters. The van der Waals surface area contributed by atoms with Gasteiger partial charge in [-0.1, -0.05) is 13.8 Å². The lowest BCUT2D eigenvalue weighted by Gasteiger charge is -2.26. The lowest BCUT2D eigenvalue weighted by Crippen LogP contribution is -2.31. The van der Waals surface area contributed by atoms with Gasteiger partial charge in [-0.25, -0.2) is 0 Å². The number of rotatable bonds is 3. The monoisotopic (exact) mass is 248 g/mol. The smallest absolute Gasteiger partial charge is 0.257 e. The Morgan fingerprint density at radius 3 is 2.78 bits per heavy atom. The van der Waals surface area contributed by atoms with Crippen molar-refractivity contribution in [2.45, 2.75) is 33.1 Å². The molecule has 1 saturated heterocycles. The molecular weight excluding hydrogens is 228 g/mol. The molecule has 98 valence electrons. The van der Waals surface area contributed by atoms with E-state index >= 15 is 0 Å².